The minimum Gasteiger partial charge on any atom is -0.508 e. The molecule has 0 unspecified atom stereocenters. The molecule has 1 aromatic heterocycles. The van der Waals surface area contributed by atoms with Crippen LogP contribution in [-0.4, -0.2) is 74.2 Å². The second-order valence-corrected chi connectivity index (χ2v) is 11.7. The first-order chi connectivity index (χ1) is 15.8. The van der Waals surface area contributed by atoms with E-state index in [9.17, 15) is 10.2 Å². The minimum atomic E-state index is -0.756. The molecule has 2 N–H and O–H groups in total. The van der Waals surface area contributed by atoms with Crippen LogP contribution < -0.4 is 0 Å². The van der Waals surface area contributed by atoms with Crippen molar-refractivity contribution in [3.63, 3.8) is 0 Å². The van der Waals surface area contributed by atoms with E-state index in [0.29, 0.717) is 11.2 Å². The van der Waals surface area contributed by atoms with Gasteiger partial charge in [0.05, 0.1) is 18.3 Å². The van der Waals surface area contributed by atoms with Gasteiger partial charge in [0.2, 0.25) is 0 Å². The lowest BCUT2D eigenvalue weighted by Gasteiger charge is -2.62. The number of aromatic nitrogens is 2. The number of aryl methyl sites for hydroxylation is 1. The van der Waals surface area contributed by atoms with Gasteiger partial charge in [-0.15, -0.1) is 0 Å². The lowest BCUT2D eigenvalue weighted by atomic mass is 9.52. The maximum absolute atomic E-state index is 12.6. The van der Waals surface area contributed by atoms with Crippen LogP contribution in [0.3, 0.4) is 0 Å². The number of nitrogens with zero attached hydrogens (tertiary/aromatic N) is 4. The zero-order chi connectivity index (χ0) is 22.8. The summed E-state index contributed by atoms with van der Waals surface area (Å²) in [5.41, 5.74) is 3.14. The van der Waals surface area contributed by atoms with Crippen molar-refractivity contribution in [1.82, 2.24) is 19.6 Å². The number of piperidine rings is 1. The summed E-state index contributed by atoms with van der Waals surface area (Å²) < 4.78 is 2.03. The third kappa shape index (κ3) is 3.53. The molecule has 0 spiro atoms. The highest BCUT2D eigenvalue weighted by atomic mass is 16.3. The molecular formula is C27H38N4O2. The fourth-order valence-electron chi connectivity index (χ4n) is 7.17. The SMILES string of the molecule is Cc1cnn(CCN2CC[C@]34CCN(CC5(C)CC5)[C@H](Cc5ccc(O)cc53)[C@]4(O)CC2)c1. The van der Waals surface area contributed by atoms with Crippen LogP contribution in [0.1, 0.15) is 55.7 Å². The molecule has 3 atom stereocenters. The van der Waals surface area contributed by atoms with Crippen molar-refractivity contribution in [3.05, 3.63) is 47.3 Å². The molecule has 33 heavy (non-hydrogen) atoms. The minimum absolute atomic E-state index is 0.162. The van der Waals surface area contributed by atoms with Crippen molar-refractivity contribution in [2.75, 3.05) is 32.7 Å². The van der Waals surface area contributed by atoms with Crippen molar-refractivity contribution in [2.45, 2.75) is 76.0 Å². The molecule has 6 heteroatoms. The van der Waals surface area contributed by atoms with E-state index >= 15 is 0 Å². The number of likely N-dealkylation sites (tertiary alicyclic amines) is 2. The summed E-state index contributed by atoms with van der Waals surface area (Å²) in [6.45, 7) is 10.3. The standard InChI is InChI=1S/C27H38N4O2/c1-20-17-28-31(18-20)14-13-29-10-7-26-8-12-30(19-25(2)5-6-25)24(27(26,33)9-11-29)15-21-3-4-22(32)16-23(21)26/h3-4,16-18,24,32-33H,5-15,19H2,1-2H3/t24-,26+,27-/m1/s1. The number of phenolic OH excluding ortho intramolecular Hbond substituents is 1. The first-order valence-corrected chi connectivity index (χ1v) is 12.8. The Labute approximate surface area is 197 Å². The Morgan fingerprint density at radius 1 is 1.06 bits per heavy atom. The average Bonchev–Trinajstić information content (AvgIpc) is 3.40. The van der Waals surface area contributed by atoms with Crippen LogP contribution >= 0.6 is 0 Å². The average molecular weight is 451 g/mol. The van der Waals surface area contributed by atoms with Crippen LogP contribution in [0.5, 0.6) is 5.75 Å². The number of rotatable bonds is 5. The fraction of sp³-hybridized carbons (Fsp3) is 0.667. The first-order valence-electron chi connectivity index (χ1n) is 12.8. The molecule has 178 valence electrons. The Balaban J connectivity index is 1.32. The molecule has 2 aliphatic carbocycles. The van der Waals surface area contributed by atoms with Gasteiger partial charge in [0.15, 0.2) is 0 Å². The van der Waals surface area contributed by atoms with Gasteiger partial charge in [-0.05, 0) is 92.8 Å². The third-order valence-corrected chi connectivity index (χ3v) is 9.43. The molecule has 0 amide bonds. The van der Waals surface area contributed by atoms with E-state index in [-0.39, 0.29) is 11.5 Å². The molecule has 6 nitrogen and oxygen atoms in total. The normalized spacial score (nSPS) is 33.2. The second-order valence-electron chi connectivity index (χ2n) is 11.7. The van der Waals surface area contributed by atoms with Crippen molar-refractivity contribution < 1.29 is 10.2 Å². The highest BCUT2D eigenvalue weighted by Crippen LogP contribution is 2.57. The molecule has 6 rings (SSSR count). The lowest BCUT2D eigenvalue weighted by Crippen LogP contribution is -2.71. The molecule has 2 aliphatic heterocycles. The van der Waals surface area contributed by atoms with Gasteiger partial charge in [0.25, 0.3) is 0 Å². The number of aromatic hydroxyl groups is 1. The summed E-state index contributed by atoms with van der Waals surface area (Å²) in [4.78, 5) is 5.15. The van der Waals surface area contributed by atoms with Gasteiger partial charge in [-0.25, -0.2) is 0 Å². The molecule has 2 saturated heterocycles. The molecule has 2 bridgehead atoms. The quantitative estimate of drug-likeness (QED) is 0.733. The fourth-order valence-corrected chi connectivity index (χ4v) is 7.17. The van der Waals surface area contributed by atoms with Gasteiger partial charge in [0, 0.05) is 37.3 Å². The number of aliphatic hydroxyl groups is 1. The summed E-state index contributed by atoms with van der Waals surface area (Å²) in [6, 6.07) is 6.08. The monoisotopic (exact) mass is 450 g/mol. The van der Waals surface area contributed by atoms with E-state index in [1.54, 1.807) is 0 Å². The molecule has 1 aromatic carbocycles. The maximum Gasteiger partial charge on any atom is 0.115 e. The molecule has 0 radical (unpaired) electrons. The molecule has 4 aliphatic rings. The highest BCUT2D eigenvalue weighted by molar-refractivity contribution is 5.48. The summed E-state index contributed by atoms with van der Waals surface area (Å²) in [5.74, 6) is 0.326. The Morgan fingerprint density at radius 3 is 2.61 bits per heavy atom. The number of fused-ring (bicyclic) bond motifs is 1. The Hall–Kier alpha value is -1.89. The number of hydrogen-bond donors (Lipinski definition) is 2. The first kappa shape index (κ1) is 21.6. The molecule has 1 saturated carbocycles. The van der Waals surface area contributed by atoms with E-state index in [4.69, 9.17) is 0 Å². The number of hydrogen-bond acceptors (Lipinski definition) is 5. The Kier molecular flexibility index (Phi) is 4.95. The molecule has 2 aromatic rings. The smallest absolute Gasteiger partial charge is 0.115 e. The van der Waals surface area contributed by atoms with Crippen molar-refractivity contribution in [1.29, 1.82) is 0 Å². The summed E-state index contributed by atoms with van der Waals surface area (Å²) in [6.07, 6.45) is 10.2. The van der Waals surface area contributed by atoms with Crippen molar-refractivity contribution in [2.24, 2.45) is 5.41 Å². The number of phenols is 1. The summed E-state index contributed by atoms with van der Waals surface area (Å²) in [5, 5.41) is 27.5. The predicted molar refractivity (Wildman–Crippen MR) is 128 cm³/mol. The van der Waals surface area contributed by atoms with Gasteiger partial charge in [0.1, 0.15) is 5.75 Å². The van der Waals surface area contributed by atoms with E-state index in [1.165, 1.54) is 29.5 Å². The van der Waals surface area contributed by atoms with Gasteiger partial charge in [-0.1, -0.05) is 13.0 Å². The zero-order valence-electron chi connectivity index (χ0n) is 20.1. The molecular weight excluding hydrogens is 412 g/mol. The summed E-state index contributed by atoms with van der Waals surface area (Å²) in [7, 11) is 0. The highest BCUT2D eigenvalue weighted by Gasteiger charge is 2.63. The van der Waals surface area contributed by atoms with Crippen LogP contribution in [0.4, 0.5) is 0 Å². The van der Waals surface area contributed by atoms with Crippen LogP contribution in [0.15, 0.2) is 30.6 Å². The number of benzene rings is 1. The largest absolute Gasteiger partial charge is 0.508 e. The van der Waals surface area contributed by atoms with Gasteiger partial charge >= 0.3 is 0 Å². The van der Waals surface area contributed by atoms with Gasteiger partial charge in [-0.2, -0.15) is 5.10 Å². The Morgan fingerprint density at radius 2 is 1.85 bits per heavy atom. The third-order valence-electron chi connectivity index (χ3n) is 9.43. The summed E-state index contributed by atoms with van der Waals surface area (Å²) >= 11 is 0. The van der Waals surface area contributed by atoms with E-state index < -0.39 is 5.60 Å². The lowest BCUT2D eigenvalue weighted by molar-refractivity contribution is -0.151. The van der Waals surface area contributed by atoms with Crippen LogP contribution in [0.25, 0.3) is 0 Å². The van der Waals surface area contributed by atoms with E-state index in [1.807, 2.05) is 23.0 Å². The van der Waals surface area contributed by atoms with Crippen molar-refractivity contribution in [3.8, 4) is 5.75 Å². The van der Waals surface area contributed by atoms with E-state index in [2.05, 4.69) is 41.0 Å². The van der Waals surface area contributed by atoms with Gasteiger partial charge in [-0.3, -0.25) is 9.58 Å². The zero-order valence-corrected chi connectivity index (χ0v) is 20.1. The van der Waals surface area contributed by atoms with Crippen LogP contribution in [-0.2, 0) is 18.4 Å². The van der Waals surface area contributed by atoms with Crippen molar-refractivity contribution >= 4 is 0 Å². The topological polar surface area (TPSA) is 64.8 Å². The molecule has 3 fully saturated rings. The van der Waals surface area contributed by atoms with Crippen LogP contribution in [0.2, 0.25) is 0 Å². The Bertz CT molecular complexity index is 1050. The molecule has 3 heterocycles. The second kappa shape index (κ2) is 7.56. The maximum atomic E-state index is 12.6. The van der Waals surface area contributed by atoms with Crippen LogP contribution in [0, 0.1) is 12.3 Å². The predicted octanol–water partition coefficient (Wildman–Crippen LogP) is 3.09. The van der Waals surface area contributed by atoms with E-state index in [0.717, 1.165) is 65.0 Å². The van der Waals surface area contributed by atoms with Gasteiger partial charge < -0.3 is 15.1 Å².